The molecule has 0 aromatic rings. The number of hydrogen-bond donors (Lipinski definition) is 1. The average molecular weight is 115 g/mol. The molecule has 1 rings (SSSR count). The molecule has 1 aliphatic rings. The zero-order valence-corrected chi connectivity index (χ0v) is 5.38. The minimum absolute atomic E-state index is 0.630. The van der Waals surface area contributed by atoms with Gasteiger partial charge in [-0.15, -0.1) is 0 Å². The van der Waals surface area contributed by atoms with E-state index >= 15 is 0 Å². The maximum Gasteiger partial charge on any atom is 0.0284 e. The highest BCUT2D eigenvalue weighted by molar-refractivity contribution is 7.13. The Morgan fingerprint density at radius 1 is 1.71 bits per heavy atom. The molecule has 1 unspecified atom stereocenters. The summed E-state index contributed by atoms with van der Waals surface area (Å²) in [6, 6.07) is 0.630. The number of rotatable bonds is 1. The van der Waals surface area contributed by atoms with Crippen LogP contribution >= 0.6 is 9.39 Å². The molecule has 0 radical (unpaired) electrons. The van der Waals surface area contributed by atoms with Crippen LogP contribution in [0.25, 0.3) is 0 Å². The van der Waals surface area contributed by atoms with Gasteiger partial charge in [-0.1, -0.05) is 21.5 Å². The second-order valence-corrected chi connectivity index (χ2v) is 2.11. The van der Waals surface area contributed by atoms with E-state index in [-0.39, 0.29) is 0 Å². The molecule has 40 valence electrons. The molecule has 1 aliphatic carbocycles. The third-order valence-corrected chi connectivity index (χ3v) is 1.65. The van der Waals surface area contributed by atoms with E-state index in [1.54, 1.807) is 0 Å². The summed E-state index contributed by atoms with van der Waals surface area (Å²) in [6.45, 7) is 0. The third kappa shape index (κ3) is 1.25. The van der Waals surface area contributed by atoms with Crippen molar-refractivity contribution in [2.24, 2.45) is 0 Å². The van der Waals surface area contributed by atoms with Crippen LogP contribution in [0.4, 0.5) is 0 Å². The SMILES string of the molecule is PN[C@@H]1C=CCC1. The van der Waals surface area contributed by atoms with Gasteiger partial charge in [-0.25, -0.2) is 0 Å². The van der Waals surface area contributed by atoms with Crippen LogP contribution in [0.3, 0.4) is 0 Å². The lowest BCUT2D eigenvalue weighted by Gasteiger charge is -2.01. The lowest BCUT2D eigenvalue weighted by atomic mass is 10.3. The van der Waals surface area contributed by atoms with Crippen LogP contribution in [0.15, 0.2) is 12.2 Å². The van der Waals surface area contributed by atoms with E-state index in [2.05, 4.69) is 26.6 Å². The van der Waals surface area contributed by atoms with Crippen molar-refractivity contribution in [1.82, 2.24) is 5.09 Å². The topological polar surface area (TPSA) is 12.0 Å². The highest BCUT2D eigenvalue weighted by Gasteiger charge is 2.03. The van der Waals surface area contributed by atoms with Gasteiger partial charge in [-0.2, -0.15) is 0 Å². The fourth-order valence-electron chi connectivity index (χ4n) is 0.771. The highest BCUT2D eigenvalue weighted by Crippen LogP contribution is 2.08. The Hall–Kier alpha value is 0.130. The summed E-state index contributed by atoms with van der Waals surface area (Å²) in [5.41, 5.74) is 0. The Balaban J connectivity index is 2.28. The van der Waals surface area contributed by atoms with E-state index in [0.29, 0.717) is 6.04 Å². The largest absolute Gasteiger partial charge is 0.294 e. The van der Waals surface area contributed by atoms with Crippen LogP contribution in [0.5, 0.6) is 0 Å². The lowest BCUT2D eigenvalue weighted by molar-refractivity contribution is 0.734. The summed E-state index contributed by atoms with van der Waals surface area (Å²) in [4.78, 5) is 0. The molecule has 2 atom stereocenters. The first-order valence-corrected chi connectivity index (χ1v) is 3.14. The lowest BCUT2D eigenvalue weighted by Crippen LogP contribution is -2.12. The van der Waals surface area contributed by atoms with Crippen molar-refractivity contribution in [1.29, 1.82) is 0 Å². The zero-order chi connectivity index (χ0) is 5.11. The number of hydrogen-bond acceptors (Lipinski definition) is 1. The van der Waals surface area contributed by atoms with Gasteiger partial charge in [0.05, 0.1) is 0 Å². The van der Waals surface area contributed by atoms with Crippen molar-refractivity contribution in [3.8, 4) is 0 Å². The summed E-state index contributed by atoms with van der Waals surface area (Å²) >= 11 is 0. The summed E-state index contributed by atoms with van der Waals surface area (Å²) in [7, 11) is 2.52. The molecular weight excluding hydrogens is 105 g/mol. The molecule has 1 nitrogen and oxygen atoms in total. The zero-order valence-electron chi connectivity index (χ0n) is 4.22. The fraction of sp³-hybridized carbons (Fsp3) is 0.600. The van der Waals surface area contributed by atoms with Crippen molar-refractivity contribution in [3.05, 3.63) is 12.2 Å². The summed E-state index contributed by atoms with van der Waals surface area (Å²) in [5.74, 6) is 0. The summed E-state index contributed by atoms with van der Waals surface area (Å²) < 4.78 is 0. The van der Waals surface area contributed by atoms with Gasteiger partial charge in [0.1, 0.15) is 0 Å². The molecule has 0 saturated carbocycles. The van der Waals surface area contributed by atoms with E-state index < -0.39 is 0 Å². The van der Waals surface area contributed by atoms with E-state index in [0.717, 1.165) is 0 Å². The molecule has 0 aliphatic heterocycles. The normalized spacial score (nSPS) is 29.0. The van der Waals surface area contributed by atoms with Gasteiger partial charge in [0, 0.05) is 6.04 Å². The maximum absolute atomic E-state index is 3.09. The molecule has 0 amide bonds. The fourth-order valence-corrected chi connectivity index (χ4v) is 1.05. The van der Waals surface area contributed by atoms with Crippen LogP contribution < -0.4 is 5.09 Å². The van der Waals surface area contributed by atoms with E-state index in [4.69, 9.17) is 0 Å². The monoisotopic (exact) mass is 115 g/mol. The molecule has 0 heterocycles. The van der Waals surface area contributed by atoms with Crippen LogP contribution in [-0.2, 0) is 0 Å². The maximum atomic E-state index is 3.09. The summed E-state index contributed by atoms with van der Waals surface area (Å²) in [6.07, 6.45) is 6.92. The van der Waals surface area contributed by atoms with Crippen LogP contribution in [0.2, 0.25) is 0 Å². The van der Waals surface area contributed by atoms with Crippen molar-refractivity contribution < 1.29 is 0 Å². The Bertz CT molecular complexity index is 80.1. The number of allylic oxidation sites excluding steroid dienone is 1. The van der Waals surface area contributed by atoms with Crippen molar-refractivity contribution in [2.45, 2.75) is 18.9 Å². The molecule has 7 heavy (non-hydrogen) atoms. The van der Waals surface area contributed by atoms with E-state index in [1.807, 2.05) is 0 Å². The minimum Gasteiger partial charge on any atom is -0.294 e. The smallest absolute Gasteiger partial charge is 0.0284 e. The quantitative estimate of drug-likeness (QED) is 0.398. The molecule has 1 N–H and O–H groups in total. The van der Waals surface area contributed by atoms with Gasteiger partial charge >= 0.3 is 0 Å². The predicted molar refractivity (Wildman–Crippen MR) is 35.0 cm³/mol. The first-order valence-electron chi connectivity index (χ1n) is 2.56. The van der Waals surface area contributed by atoms with Crippen LogP contribution in [0.1, 0.15) is 12.8 Å². The van der Waals surface area contributed by atoms with Gasteiger partial charge < -0.3 is 0 Å². The second kappa shape index (κ2) is 2.44. The molecular formula is C5H10NP. The van der Waals surface area contributed by atoms with E-state index in [1.165, 1.54) is 12.8 Å². The molecule has 0 bridgehead atoms. The Morgan fingerprint density at radius 3 is 2.86 bits per heavy atom. The Labute approximate surface area is 46.4 Å². The second-order valence-electron chi connectivity index (χ2n) is 1.78. The van der Waals surface area contributed by atoms with E-state index in [9.17, 15) is 0 Å². The van der Waals surface area contributed by atoms with Gasteiger partial charge in [0.2, 0.25) is 0 Å². The number of nitrogens with one attached hydrogen (secondary N) is 1. The molecule has 0 saturated heterocycles. The van der Waals surface area contributed by atoms with Crippen molar-refractivity contribution in [2.75, 3.05) is 0 Å². The summed E-state index contributed by atoms with van der Waals surface area (Å²) in [5, 5.41) is 3.09. The van der Waals surface area contributed by atoms with Crippen LogP contribution in [0, 0.1) is 0 Å². The molecule has 2 heteroatoms. The van der Waals surface area contributed by atoms with Gasteiger partial charge in [-0.05, 0) is 12.8 Å². The molecule has 0 aromatic heterocycles. The van der Waals surface area contributed by atoms with Crippen LogP contribution in [-0.4, -0.2) is 6.04 Å². The molecule has 0 spiro atoms. The molecule has 0 aromatic carbocycles. The first kappa shape index (κ1) is 5.27. The van der Waals surface area contributed by atoms with Gasteiger partial charge in [0.15, 0.2) is 0 Å². The van der Waals surface area contributed by atoms with Crippen molar-refractivity contribution >= 4 is 9.39 Å². The highest BCUT2D eigenvalue weighted by atomic mass is 31.0. The van der Waals surface area contributed by atoms with Gasteiger partial charge in [-0.3, -0.25) is 5.09 Å². The third-order valence-electron chi connectivity index (χ3n) is 1.23. The van der Waals surface area contributed by atoms with Gasteiger partial charge in [0.25, 0.3) is 0 Å². The first-order chi connectivity index (χ1) is 3.43. The minimum atomic E-state index is 0.630. The average Bonchev–Trinajstić information content (AvgIpc) is 2.14. The standard InChI is InChI=1S/C5H10NP/c7-6-5-3-1-2-4-5/h1,3,5-6H,2,4,7H2/t5-/m1/s1. The van der Waals surface area contributed by atoms with Crippen molar-refractivity contribution in [3.63, 3.8) is 0 Å². The molecule has 0 fully saturated rings. The Morgan fingerprint density at radius 2 is 2.57 bits per heavy atom. The Kier molecular flexibility index (Phi) is 1.84. The predicted octanol–water partition coefficient (Wildman–Crippen LogP) is 1.08.